The van der Waals surface area contributed by atoms with E-state index in [1.54, 1.807) is 24.3 Å². The van der Waals surface area contributed by atoms with Crippen molar-refractivity contribution in [1.29, 1.82) is 0 Å². The molecule has 0 saturated heterocycles. The number of hydrogen-bond acceptors (Lipinski definition) is 12. The third-order valence-electron chi connectivity index (χ3n) is 4.75. The first-order valence-corrected chi connectivity index (χ1v) is 13.4. The van der Waals surface area contributed by atoms with Crippen molar-refractivity contribution in [2.24, 2.45) is 5.73 Å². The maximum Gasteiger partial charge on any atom is 0.150 e. The molecular formula is C27H47NO11. The molecule has 0 unspecified atom stereocenters. The van der Waals surface area contributed by atoms with Crippen LogP contribution in [0.25, 0.3) is 0 Å². The van der Waals surface area contributed by atoms with Crippen molar-refractivity contribution in [3.63, 3.8) is 0 Å². The topological polar surface area (TPSA) is 135 Å². The summed E-state index contributed by atoms with van der Waals surface area (Å²) < 4.78 is 54.2. The fraction of sp³-hybridized carbons (Fsp3) is 0.741. The van der Waals surface area contributed by atoms with Crippen LogP contribution in [0.3, 0.4) is 0 Å². The van der Waals surface area contributed by atoms with Crippen molar-refractivity contribution in [2.75, 3.05) is 132 Å². The van der Waals surface area contributed by atoms with E-state index in [1.165, 1.54) is 0 Å². The van der Waals surface area contributed by atoms with E-state index in [9.17, 15) is 4.79 Å². The summed E-state index contributed by atoms with van der Waals surface area (Å²) in [4.78, 5) is 10.6. The Kier molecular flexibility index (Phi) is 26.5. The van der Waals surface area contributed by atoms with E-state index in [0.717, 1.165) is 6.29 Å². The molecule has 0 aliphatic carbocycles. The molecule has 0 heterocycles. The Morgan fingerprint density at radius 1 is 0.436 bits per heavy atom. The second-order valence-corrected chi connectivity index (χ2v) is 7.84. The van der Waals surface area contributed by atoms with Gasteiger partial charge in [-0.1, -0.05) is 0 Å². The van der Waals surface area contributed by atoms with Crippen molar-refractivity contribution in [2.45, 2.75) is 0 Å². The average Bonchev–Trinajstić information content (AvgIpc) is 2.96. The molecule has 0 fully saturated rings. The Morgan fingerprint density at radius 2 is 0.718 bits per heavy atom. The fourth-order valence-electron chi connectivity index (χ4n) is 2.81. The van der Waals surface area contributed by atoms with Crippen LogP contribution in [0.15, 0.2) is 24.3 Å². The fourth-order valence-corrected chi connectivity index (χ4v) is 2.81. The molecule has 0 spiro atoms. The molecule has 1 rings (SSSR count). The number of nitrogens with two attached hydrogens (primary N) is 1. The third kappa shape index (κ3) is 25.0. The Morgan fingerprint density at radius 3 is 1.00 bits per heavy atom. The molecule has 0 atom stereocenters. The molecule has 12 nitrogen and oxygen atoms in total. The molecule has 1 aromatic rings. The molecular weight excluding hydrogens is 514 g/mol. The Labute approximate surface area is 232 Å². The van der Waals surface area contributed by atoms with Crippen LogP contribution in [0, 0.1) is 0 Å². The van der Waals surface area contributed by atoms with Gasteiger partial charge in [-0.25, -0.2) is 0 Å². The Hall–Kier alpha value is -1.71. The summed E-state index contributed by atoms with van der Waals surface area (Å²) >= 11 is 0. The summed E-state index contributed by atoms with van der Waals surface area (Å²) in [7, 11) is 0. The van der Waals surface area contributed by atoms with Crippen molar-refractivity contribution >= 4 is 6.29 Å². The second kappa shape index (κ2) is 29.3. The highest BCUT2D eigenvalue weighted by atomic mass is 16.6. The number of carbonyl (C=O) groups is 1. The van der Waals surface area contributed by atoms with Crippen molar-refractivity contribution in [3.8, 4) is 5.75 Å². The largest absolute Gasteiger partial charge is 0.491 e. The molecule has 0 bridgehead atoms. The van der Waals surface area contributed by atoms with Gasteiger partial charge in [-0.05, 0) is 24.3 Å². The Balaban J connectivity index is 1.66. The minimum absolute atomic E-state index is 0.433. The van der Waals surface area contributed by atoms with Gasteiger partial charge in [0, 0.05) is 12.1 Å². The van der Waals surface area contributed by atoms with E-state index >= 15 is 0 Å². The second-order valence-electron chi connectivity index (χ2n) is 7.84. The van der Waals surface area contributed by atoms with Gasteiger partial charge in [0.1, 0.15) is 18.6 Å². The van der Waals surface area contributed by atoms with E-state index in [0.29, 0.717) is 143 Å². The van der Waals surface area contributed by atoms with Gasteiger partial charge in [-0.3, -0.25) is 4.79 Å². The van der Waals surface area contributed by atoms with Crippen LogP contribution in [0.1, 0.15) is 10.4 Å². The van der Waals surface area contributed by atoms with Crippen molar-refractivity contribution < 1.29 is 52.2 Å². The highest BCUT2D eigenvalue weighted by Gasteiger charge is 1.97. The lowest BCUT2D eigenvalue weighted by atomic mass is 10.2. The minimum Gasteiger partial charge on any atom is -0.491 e. The van der Waals surface area contributed by atoms with Gasteiger partial charge in [0.15, 0.2) is 0 Å². The summed E-state index contributed by atoms with van der Waals surface area (Å²) in [6.45, 7) is 10.2. The molecule has 12 heteroatoms. The maximum absolute atomic E-state index is 10.6. The van der Waals surface area contributed by atoms with Crippen LogP contribution in [0.2, 0.25) is 0 Å². The van der Waals surface area contributed by atoms with Crippen LogP contribution < -0.4 is 10.5 Å². The van der Waals surface area contributed by atoms with Gasteiger partial charge < -0.3 is 53.1 Å². The molecule has 0 aliphatic rings. The monoisotopic (exact) mass is 561 g/mol. The molecule has 39 heavy (non-hydrogen) atoms. The number of aldehydes is 1. The summed E-state index contributed by atoms with van der Waals surface area (Å²) in [5.41, 5.74) is 5.94. The predicted octanol–water partition coefficient (Wildman–Crippen LogP) is 0.986. The summed E-state index contributed by atoms with van der Waals surface area (Å²) in [6, 6.07) is 6.93. The lowest BCUT2D eigenvalue weighted by molar-refractivity contribution is -0.0252. The molecule has 2 N–H and O–H groups in total. The lowest BCUT2D eigenvalue weighted by Gasteiger charge is -2.09. The highest BCUT2D eigenvalue weighted by Crippen LogP contribution is 2.10. The number of ether oxygens (including phenoxy) is 10. The van der Waals surface area contributed by atoms with E-state index in [1.807, 2.05) is 0 Å². The van der Waals surface area contributed by atoms with E-state index in [-0.39, 0.29) is 0 Å². The molecule has 226 valence electrons. The smallest absolute Gasteiger partial charge is 0.150 e. The first-order chi connectivity index (χ1) is 19.4. The van der Waals surface area contributed by atoms with Crippen LogP contribution in [-0.2, 0) is 42.6 Å². The first kappa shape index (κ1) is 35.3. The van der Waals surface area contributed by atoms with Gasteiger partial charge in [-0.15, -0.1) is 0 Å². The van der Waals surface area contributed by atoms with Crippen LogP contribution in [-0.4, -0.2) is 138 Å². The standard InChI is InChI=1S/C27H47NO11/c28-5-6-30-7-8-31-9-10-32-11-12-33-13-14-34-15-16-35-17-18-36-19-20-37-21-22-38-23-24-39-27-3-1-26(25-29)2-4-27/h1-4,25H,5-24,28H2. The third-order valence-corrected chi connectivity index (χ3v) is 4.75. The van der Waals surface area contributed by atoms with Gasteiger partial charge >= 0.3 is 0 Å². The number of carbonyl (C=O) groups excluding carboxylic acids is 1. The maximum atomic E-state index is 10.6. The highest BCUT2D eigenvalue weighted by molar-refractivity contribution is 5.74. The van der Waals surface area contributed by atoms with Gasteiger partial charge in [0.2, 0.25) is 0 Å². The SMILES string of the molecule is NCCOCCOCCOCCOCCOCCOCCOCCOCCOCCOc1ccc(C=O)cc1. The average molecular weight is 562 g/mol. The zero-order valence-corrected chi connectivity index (χ0v) is 23.1. The minimum atomic E-state index is 0.433. The zero-order chi connectivity index (χ0) is 27.9. The molecule has 0 saturated carbocycles. The van der Waals surface area contributed by atoms with E-state index < -0.39 is 0 Å². The van der Waals surface area contributed by atoms with Crippen LogP contribution in [0.5, 0.6) is 5.75 Å². The van der Waals surface area contributed by atoms with Crippen LogP contribution in [0.4, 0.5) is 0 Å². The van der Waals surface area contributed by atoms with Gasteiger partial charge in [0.05, 0.1) is 119 Å². The van der Waals surface area contributed by atoms with E-state index in [2.05, 4.69) is 0 Å². The molecule has 1 aromatic carbocycles. The zero-order valence-electron chi connectivity index (χ0n) is 23.1. The summed E-state index contributed by atoms with van der Waals surface area (Å²) in [5.74, 6) is 0.705. The number of benzene rings is 1. The van der Waals surface area contributed by atoms with Crippen molar-refractivity contribution in [1.82, 2.24) is 0 Å². The molecule has 0 aliphatic heterocycles. The lowest BCUT2D eigenvalue weighted by Crippen LogP contribution is -2.15. The molecule has 0 aromatic heterocycles. The summed E-state index contributed by atoms with van der Waals surface area (Å²) in [6.07, 6.45) is 0.798. The summed E-state index contributed by atoms with van der Waals surface area (Å²) in [5, 5.41) is 0. The van der Waals surface area contributed by atoms with Gasteiger partial charge in [0.25, 0.3) is 0 Å². The number of hydrogen-bond donors (Lipinski definition) is 1. The van der Waals surface area contributed by atoms with Crippen molar-refractivity contribution in [3.05, 3.63) is 29.8 Å². The van der Waals surface area contributed by atoms with Crippen LogP contribution >= 0.6 is 0 Å². The molecule has 0 radical (unpaired) electrons. The first-order valence-electron chi connectivity index (χ1n) is 13.4. The predicted molar refractivity (Wildman–Crippen MR) is 144 cm³/mol. The Bertz CT molecular complexity index is 637. The molecule has 0 amide bonds. The number of rotatable bonds is 31. The van der Waals surface area contributed by atoms with Gasteiger partial charge in [-0.2, -0.15) is 0 Å². The quantitative estimate of drug-likeness (QED) is 0.102. The van der Waals surface area contributed by atoms with E-state index in [4.69, 9.17) is 53.1 Å². The normalized spacial score (nSPS) is 11.2.